The lowest BCUT2D eigenvalue weighted by atomic mass is 9.61. The first-order valence-electron chi connectivity index (χ1n) is 8.78. The molecule has 0 saturated heterocycles. The molecule has 2 heterocycles. The van der Waals surface area contributed by atoms with Crippen LogP contribution < -0.4 is 0 Å². The van der Waals surface area contributed by atoms with Gasteiger partial charge in [-0.25, -0.2) is 0 Å². The molecule has 6 atom stereocenters. The maximum atomic E-state index is 6.35. The van der Waals surface area contributed by atoms with E-state index < -0.39 is 0 Å². The Morgan fingerprint density at radius 3 is 1.61 bits per heavy atom. The smallest absolute Gasteiger partial charge is 0.0939 e. The summed E-state index contributed by atoms with van der Waals surface area (Å²) in [5.74, 6) is 1.71. The van der Waals surface area contributed by atoms with Crippen molar-refractivity contribution in [3.63, 3.8) is 0 Å². The first kappa shape index (κ1) is 15.2. The number of ether oxygens (including phenoxy) is 2. The van der Waals surface area contributed by atoms with Crippen LogP contribution in [0.2, 0.25) is 0 Å². The van der Waals surface area contributed by atoms with Gasteiger partial charge in [0.1, 0.15) is 0 Å². The minimum Gasteiger partial charge on any atom is -0.366 e. The molecule has 23 heavy (non-hydrogen) atoms. The van der Waals surface area contributed by atoms with Gasteiger partial charge in [-0.05, 0) is 31.1 Å². The van der Waals surface area contributed by atoms with Gasteiger partial charge in [0.15, 0.2) is 0 Å². The van der Waals surface area contributed by atoms with Gasteiger partial charge in [-0.2, -0.15) is 0 Å². The predicted molar refractivity (Wildman–Crippen MR) is 93.0 cm³/mol. The molecule has 1 saturated carbocycles. The molecule has 0 radical (unpaired) electrons. The fourth-order valence-electron chi connectivity index (χ4n) is 5.36. The SMILES string of the molecule is C=C[C@@H]1C[C@H](C=C)[C@H]2[C@@H]1[C@@]1(C=C[C@]23CC=CCO3)CC=CCO1. The molecule has 0 aromatic heterocycles. The Hall–Kier alpha value is -1.38. The normalized spacial score (nSPS) is 47.8. The highest BCUT2D eigenvalue weighted by atomic mass is 16.5. The standard InChI is InChI=1S/C21H26O2/c1-3-16-15-17(4-2)19-18(16)20(9-5-7-13-22-20)11-12-21(19)10-6-8-14-23-21/h3-8,11-12,16-19H,1-2,9-10,13-15H2/t16-,17+,18-,19+,20+,21-. The Balaban J connectivity index is 1.83. The zero-order valence-corrected chi connectivity index (χ0v) is 13.7. The lowest BCUT2D eigenvalue weighted by Crippen LogP contribution is -2.56. The van der Waals surface area contributed by atoms with E-state index in [9.17, 15) is 0 Å². The highest BCUT2D eigenvalue weighted by Crippen LogP contribution is 2.59. The van der Waals surface area contributed by atoms with E-state index >= 15 is 0 Å². The lowest BCUT2D eigenvalue weighted by molar-refractivity contribution is -0.134. The molecule has 2 heteroatoms. The maximum Gasteiger partial charge on any atom is 0.0939 e. The molecular formula is C21H26O2. The second kappa shape index (κ2) is 5.61. The molecule has 0 amide bonds. The van der Waals surface area contributed by atoms with Gasteiger partial charge in [0.05, 0.1) is 24.4 Å². The molecule has 4 rings (SSSR count). The fraction of sp³-hybridized carbons (Fsp3) is 0.524. The summed E-state index contributed by atoms with van der Waals surface area (Å²) in [6.07, 6.45) is 20.7. The third-order valence-corrected chi connectivity index (χ3v) is 6.34. The minimum atomic E-state index is -0.203. The Morgan fingerprint density at radius 2 is 1.26 bits per heavy atom. The summed E-state index contributed by atoms with van der Waals surface area (Å²) >= 11 is 0. The monoisotopic (exact) mass is 310 g/mol. The second-order valence-electron chi connectivity index (χ2n) is 7.30. The van der Waals surface area contributed by atoms with E-state index in [4.69, 9.17) is 9.47 Å². The summed E-state index contributed by atoms with van der Waals surface area (Å²) in [6, 6.07) is 0. The molecule has 0 unspecified atom stereocenters. The maximum absolute atomic E-state index is 6.35. The Labute approximate surface area is 139 Å². The summed E-state index contributed by atoms with van der Waals surface area (Å²) in [4.78, 5) is 0. The van der Waals surface area contributed by atoms with Crippen molar-refractivity contribution in [2.24, 2.45) is 23.7 Å². The van der Waals surface area contributed by atoms with Crippen molar-refractivity contribution in [3.8, 4) is 0 Å². The second-order valence-corrected chi connectivity index (χ2v) is 7.30. The summed E-state index contributed by atoms with van der Waals surface area (Å²) in [7, 11) is 0. The highest BCUT2D eigenvalue weighted by Gasteiger charge is 2.61. The van der Waals surface area contributed by atoms with Crippen molar-refractivity contribution in [2.75, 3.05) is 13.2 Å². The van der Waals surface area contributed by atoms with E-state index in [1.807, 2.05) is 0 Å². The molecule has 2 spiro atoms. The van der Waals surface area contributed by atoms with Gasteiger partial charge in [-0.15, -0.1) is 13.2 Å². The quantitative estimate of drug-likeness (QED) is 0.711. The number of allylic oxidation sites excluding steroid dienone is 2. The van der Waals surface area contributed by atoms with Crippen LogP contribution in [0.25, 0.3) is 0 Å². The van der Waals surface area contributed by atoms with Crippen LogP contribution in [0.4, 0.5) is 0 Å². The summed E-state index contributed by atoms with van der Waals surface area (Å²) in [5.41, 5.74) is -0.405. The lowest BCUT2D eigenvalue weighted by Gasteiger charge is -2.53. The minimum absolute atomic E-state index is 0.203. The van der Waals surface area contributed by atoms with Gasteiger partial charge in [0.2, 0.25) is 0 Å². The van der Waals surface area contributed by atoms with Crippen molar-refractivity contribution >= 4 is 0 Å². The molecule has 0 aromatic carbocycles. The Morgan fingerprint density at radius 1 is 0.783 bits per heavy atom. The van der Waals surface area contributed by atoms with Crippen molar-refractivity contribution in [1.82, 2.24) is 0 Å². The van der Waals surface area contributed by atoms with E-state index in [1.54, 1.807) is 0 Å². The first-order valence-corrected chi connectivity index (χ1v) is 8.78. The van der Waals surface area contributed by atoms with Crippen LogP contribution in [-0.2, 0) is 9.47 Å². The third kappa shape index (κ3) is 2.15. The molecule has 1 fully saturated rings. The van der Waals surface area contributed by atoms with Gasteiger partial charge in [-0.3, -0.25) is 0 Å². The van der Waals surface area contributed by atoms with Crippen molar-refractivity contribution < 1.29 is 9.47 Å². The van der Waals surface area contributed by atoms with Crippen LogP contribution in [0.5, 0.6) is 0 Å². The molecular weight excluding hydrogens is 284 g/mol. The summed E-state index contributed by atoms with van der Waals surface area (Å²) in [5, 5.41) is 0. The van der Waals surface area contributed by atoms with Gasteiger partial charge in [-0.1, -0.05) is 48.6 Å². The fourth-order valence-corrected chi connectivity index (χ4v) is 5.36. The average molecular weight is 310 g/mol. The van der Waals surface area contributed by atoms with Crippen LogP contribution in [0, 0.1) is 23.7 Å². The van der Waals surface area contributed by atoms with E-state index in [-0.39, 0.29) is 11.2 Å². The summed E-state index contributed by atoms with van der Waals surface area (Å²) in [6.45, 7) is 9.65. The van der Waals surface area contributed by atoms with Crippen molar-refractivity contribution in [1.29, 1.82) is 0 Å². The van der Waals surface area contributed by atoms with Crippen LogP contribution in [-0.4, -0.2) is 24.4 Å². The predicted octanol–water partition coefficient (Wildman–Crippen LogP) is 4.23. The number of hydrogen-bond donors (Lipinski definition) is 0. The van der Waals surface area contributed by atoms with Gasteiger partial charge >= 0.3 is 0 Å². The number of fused-ring (bicyclic) bond motifs is 3. The topological polar surface area (TPSA) is 18.5 Å². The van der Waals surface area contributed by atoms with Crippen molar-refractivity contribution in [2.45, 2.75) is 30.5 Å². The molecule has 2 aliphatic carbocycles. The molecule has 4 aliphatic rings. The van der Waals surface area contributed by atoms with Gasteiger partial charge in [0, 0.05) is 11.8 Å². The van der Waals surface area contributed by atoms with Gasteiger partial charge in [0.25, 0.3) is 0 Å². The molecule has 0 bridgehead atoms. The highest BCUT2D eigenvalue weighted by molar-refractivity contribution is 5.31. The average Bonchev–Trinajstić information content (AvgIpc) is 3.01. The largest absolute Gasteiger partial charge is 0.366 e. The van der Waals surface area contributed by atoms with Crippen LogP contribution in [0.3, 0.4) is 0 Å². The Bertz CT molecular complexity index is 537. The van der Waals surface area contributed by atoms with Crippen molar-refractivity contribution in [3.05, 3.63) is 61.8 Å². The molecule has 0 N–H and O–H groups in total. The van der Waals surface area contributed by atoms with E-state index in [0.29, 0.717) is 36.9 Å². The zero-order chi connectivity index (χ0) is 15.9. The van der Waals surface area contributed by atoms with E-state index in [2.05, 4.69) is 61.8 Å². The van der Waals surface area contributed by atoms with Crippen LogP contribution in [0.1, 0.15) is 19.3 Å². The van der Waals surface area contributed by atoms with E-state index in [1.165, 1.54) is 0 Å². The zero-order valence-electron chi connectivity index (χ0n) is 13.7. The number of hydrogen-bond acceptors (Lipinski definition) is 2. The third-order valence-electron chi connectivity index (χ3n) is 6.34. The van der Waals surface area contributed by atoms with Crippen LogP contribution >= 0.6 is 0 Å². The van der Waals surface area contributed by atoms with Gasteiger partial charge < -0.3 is 9.47 Å². The van der Waals surface area contributed by atoms with Crippen LogP contribution in [0.15, 0.2) is 61.8 Å². The van der Waals surface area contributed by atoms with E-state index in [0.717, 1.165) is 19.3 Å². The molecule has 0 aromatic rings. The molecule has 122 valence electrons. The first-order chi connectivity index (χ1) is 11.2. The number of rotatable bonds is 2. The summed E-state index contributed by atoms with van der Waals surface area (Å²) < 4.78 is 12.7. The molecule has 2 aliphatic heterocycles. The molecule has 2 nitrogen and oxygen atoms in total. The Kier molecular flexibility index (Phi) is 3.70.